The number of rotatable bonds is 9. The lowest BCUT2D eigenvalue weighted by Gasteiger charge is -2.15. The molecule has 1 saturated heterocycles. The van der Waals surface area contributed by atoms with Gasteiger partial charge in [0.2, 0.25) is 0 Å². The summed E-state index contributed by atoms with van der Waals surface area (Å²) in [6, 6.07) is 5.84. The van der Waals surface area contributed by atoms with Gasteiger partial charge in [-0.25, -0.2) is 24.1 Å². The number of aliphatic hydroxyl groups excluding tert-OH is 1. The lowest BCUT2D eigenvalue weighted by atomic mass is 10.2. The van der Waals surface area contributed by atoms with E-state index in [4.69, 9.17) is 15.6 Å². The molecule has 0 aliphatic carbocycles. The first-order valence-corrected chi connectivity index (χ1v) is 12.1. The molecule has 1 aliphatic heterocycles. The molecule has 3 heterocycles. The van der Waals surface area contributed by atoms with Crippen LogP contribution < -0.4 is 16.4 Å². The summed E-state index contributed by atoms with van der Waals surface area (Å²) in [5.41, 5.74) is 8.00. The number of urea groups is 1. The maximum Gasteiger partial charge on any atom is 0.315 e. The minimum Gasteiger partial charge on any atom is -0.400 e. The topological polar surface area (TPSA) is 140 Å². The predicted molar refractivity (Wildman–Crippen MR) is 130 cm³/mol. The average molecular weight is 492 g/mol. The Bertz CT molecular complexity index is 1050. The number of fused-ring (bicyclic) bond motifs is 1. The van der Waals surface area contributed by atoms with E-state index in [2.05, 4.69) is 25.6 Å². The molecule has 0 bridgehead atoms. The average Bonchev–Trinajstić information content (AvgIpc) is 3.50. The molecule has 4 rings (SSSR count). The van der Waals surface area contributed by atoms with Crippen LogP contribution >= 0.6 is 11.8 Å². The van der Waals surface area contributed by atoms with Crippen LogP contribution in [0.15, 0.2) is 36.9 Å². The van der Waals surface area contributed by atoms with Gasteiger partial charge in [-0.05, 0) is 42.7 Å². The number of nitrogens with zero attached hydrogens (tertiary/aromatic N) is 4. The zero-order valence-corrected chi connectivity index (χ0v) is 19.8. The van der Waals surface area contributed by atoms with Crippen LogP contribution in [0.4, 0.5) is 15.0 Å². The number of imidazole rings is 1. The largest absolute Gasteiger partial charge is 0.400 e. The Balaban J connectivity index is 0.00000158. The van der Waals surface area contributed by atoms with Crippen molar-refractivity contribution in [3.63, 3.8) is 0 Å². The number of nitrogens with two attached hydrogens (primary N) is 1. The van der Waals surface area contributed by atoms with Crippen LogP contribution in [-0.4, -0.2) is 61.9 Å². The van der Waals surface area contributed by atoms with E-state index < -0.39 is 0 Å². The van der Waals surface area contributed by atoms with Gasteiger partial charge in [0, 0.05) is 26.0 Å². The molecule has 1 aliphatic rings. The van der Waals surface area contributed by atoms with Gasteiger partial charge in [-0.3, -0.25) is 4.57 Å². The molecule has 184 valence electrons. The zero-order chi connectivity index (χ0) is 24.3. The molecule has 1 fully saturated rings. The van der Waals surface area contributed by atoms with Gasteiger partial charge in [-0.15, -0.1) is 0 Å². The van der Waals surface area contributed by atoms with Gasteiger partial charge in [-0.1, -0.05) is 12.1 Å². The van der Waals surface area contributed by atoms with Crippen molar-refractivity contribution in [1.82, 2.24) is 30.2 Å². The number of halogens is 1. The van der Waals surface area contributed by atoms with E-state index in [9.17, 15) is 9.18 Å². The smallest absolute Gasteiger partial charge is 0.315 e. The highest BCUT2D eigenvalue weighted by Crippen LogP contribution is 2.32. The monoisotopic (exact) mass is 491 g/mol. The molecule has 1 aromatic carbocycles. The Morgan fingerprint density at radius 2 is 2.03 bits per heavy atom. The van der Waals surface area contributed by atoms with Gasteiger partial charge >= 0.3 is 6.03 Å². The minimum atomic E-state index is -0.288. The molecule has 5 N–H and O–H groups in total. The van der Waals surface area contributed by atoms with Gasteiger partial charge in [0.25, 0.3) is 0 Å². The maximum absolute atomic E-state index is 12.9. The fraction of sp³-hybridized carbons (Fsp3) is 0.455. The molecule has 2 aromatic heterocycles. The SMILES string of the molecule is CO.Nc1ncnc2c1ncn2C1CCC(CSCCCNC(=O)NCc2ccc(F)cc2)O1. The second kappa shape index (κ2) is 13.1. The molecular formula is C22H30FN7O3S. The van der Waals surface area contributed by atoms with Gasteiger partial charge < -0.3 is 26.2 Å². The van der Waals surface area contributed by atoms with Crippen LogP contribution in [0.3, 0.4) is 0 Å². The van der Waals surface area contributed by atoms with Crippen molar-refractivity contribution in [2.75, 3.05) is 30.9 Å². The summed E-state index contributed by atoms with van der Waals surface area (Å²) in [4.78, 5) is 24.4. The highest BCUT2D eigenvalue weighted by atomic mass is 32.2. The predicted octanol–water partition coefficient (Wildman–Crippen LogP) is 2.46. The van der Waals surface area contributed by atoms with Crippen LogP contribution in [0.25, 0.3) is 11.2 Å². The third kappa shape index (κ3) is 7.02. The molecule has 3 aromatic rings. The number of nitrogens with one attached hydrogen (secondary N) is 2. The second-order valence-electron chi connectivity index (χ2n) is 7.54. The third-order valence-electron chi connectivity index (χ3n) is 5.20. The van der Waals surface area contributed by atoms with Crippen molar-refractivity contribution < 1.29 is 19.0 Å². The summed E-state index contributed by atoms with van der Waals surface area (Å²) in [6.07, 6.45) is 5.98. The van der Waals surface area contributed by atoms with Gasteiger partial charge in [0.15, 0.2) is 11.5 Å². The number of carbonyl (C=O) groups is 1. The van der Waals surface area contributed by atoms with Crippen molar-refractivity contribution >= 4 is 34.8 Å². The number of aromatic nitrogens is 4. The normalized spacial score (nSPS) is 17.3. The highest BCUT2D eigenvalue weighted by Gasteiger charge is 2.28. The lowest BCUT2D eigenvalue weighted by molar-refractivity contribution is 0.0153. The first kappa shape index (κ1) is 25.7. The number of amides is 2. The van der Waals surface area contributed by atoms with E-state index in [-0.39, 0.29) is 24.2 Å². The number of aliphatic hydroxyl groups is 1. The van der Waals surface area contributed by atoms with E-state index in [1.165, 1.54) is 18.5 Å². The van der Waals surface area contributed by atoms with Crippen molar-refractivity contribution in [2.24, 2.45) is 0 Å². The Hall–Kier alpha value is -2.96. The number of ether oxygens (including phenoxy) is 1. The lowest BCUT2D eigenvalue weighted by Crippen LogP contribution is -2.35. The number of nitrogen functional groups attached to an aromatic ring is 1. The van der Waals surface area contributed by atoms with Crippen molar-refractivity contribution in [3.05, 3.63) is 48.3 Å². The summed E-state index contributed by atoms with van der Waals surface area (Å²) < 4.78 is 21.0. The molecular weight excluding hydrogens is 461 g/mol. The number of hydrogen-bond acceptors (Lipinski definition) is 8. The number of thioether (sulfide) groups is 1. The maximum atomic E-state index is 12.9. The number of carbonyl (C=O) groups excluding carboxylic acids is 1. The first-order valence-electron chi connectivity index (χ1n) is 11.0. The quantitative estimate of drug-likeness (QED) is 0.335. The molecule has 0 saturated carbocycles. The second-order valence-corrected chi connectivity index (χ2v) is 8.69. The van der Waals surface area contributed by atoms with Crippen LogP contribution in [0.1, 0.15) is 31.1 Å². The molecule has 0 radical (unpaired) electrons. The minimum absolute atomic E-state index is 0.0913. The van der Waals surface area contributed by atoms with Crippen LogP contribution in [0.5, 0.6) is 0 Å². The van der Waals surface area contributed by atoms with Crippen LogP contribution in [-0.2, 0) is 11.3 Å². The van der Waals surface area contributed by atoms with E-state index in [0.717, 1.165) is 43.4 Å². The Kier molecular flexibility index (Phi) is 9.86. The van der Waals surface area contributed by atoms with E-state index >= 15 is 0 Å². The third-order valence-corrected chi connectivity index (χ3v) is 6.39. The molecule has 2 atom stereocenters. The Morgan fingerprint density at radius 1 is 1.24 bits per heavy atom. The van der Waals surface area contributed by atoms with E-state index in [1.54, 1.807) is 18.5 Å². The standard InChI is InChI=1S/C21H26FN7O2S.CH4O/c22-15-4-2-14(3-5-15)10-25-21(30)24-8-1-9-32-11-16-6-7-17(31-16)29-13-28-18-19(23)26-12-27-20(18)29;1-2/h2-5,12-13,16-17H,1,6-11H2,(H2,23,26,27)(H2,24,25,30);2H,1H3. The molecule has 2 amide bonds. The summed E-state index contributed by atoms with van der Waals surface area (Å²) in [6.45, 7) is 0.963. The number of anilines is 1. The molecule has 34 heavy (non-hydrogen) atoms. The zero-order valence-electron chi connectivity index (χ0n) is 19.0. The molecule has 2 unspecified atom stereocenters. The van der Waals surface area contributed by atoms with Gasteiger partial charge in [0.05, 0.1) is 12.4 Å². The van der Waals surface area contributed by atoms with Crippen molar-refractivity contribution in [3.8, 4) is 0 Å². The number of benzene rings is 1. The van der Waals surface area contributed by atoms with E-state index in [1.807, 2.05) is 16.3 Å². The Labute approximate surface area is 201 Å². The van der Waals surface area contributed by atoms with Crippen molar-refractivity contribution in [1.29, 1.82) is 0 Å². The molecule has 10 nitrogen and oxygen atoms in total. The van der Waals surface area contributed by atoms with E-state index in [0.29, 0.717) is 30.1 Å². The van der Waals surface area contributed by atoms with Crippen LogP contribution in [0, 0.1) is 5.82 Å². The summed E-state index contributed by atoms with van der Waals surface area (Å²) in [7, 11) is 1.00. The number of hydrogen-bond donors (Lipinski definition) is 4. The molecule has 0 spiro atoms. The van der Waals surface area contributed by atoms with Gasteiger partial charge in [0.1, 0.15) is 23.9 Å². The summed E-state index contributed by atoms with van der Waals surface area (Å²) >= 11 is 1.82. The summed E-state index contributed by atoms with van der Waals surface area (Å²) in [5, 5.41) is 12.6. The van der Waals surface area contributed by atoms with Gasteiger partial charge in [-0.2, -0.15) is 11.8 Å². The fourth-order valence-corrected chi connectivity index (χ4v) is 4.56. The van der Waals surface area contributed by atoms with Crippen LogP contribution in [0.2, 0.25) is 0 Å². The summed E-state index contributed by atoms with van der Waals surface area (Å²) in [5.74, 6) is 1.91. The highest BCUT2D eigenvalue weighted by molar-refractivity contribution is 7.99. The Morgan fingerprint density at radius 3 is 2.82 bits per heavy atom. The fourth-order valence-electron chi connectivity index (χ4n) is 3.53. The van der Waals surface area contributed by atoms with Crippen molar-refractivity contribution in [2.45, 2.75) is 38.1 Å². The first-order chi connectivity index (χ1) is 16.6. The molecule has 12 heteroatoms.